The fourth-order valence-electron chi connectivity index (χ4n) is 3.21. The van der Waals surface area contributed by atoms with Crippen LogP contribution in [0.4, 0.5) is 5.69 Å². The van der Waals surface area contributed by atoms with E-state index in [1.165, 1.54) is 16.1 Å². The largest absolute Gasteiger partial charge is 0.326 e. The van der Waals surface area contributed by atoms with E-state index in [1.54, 1.807) is 12.1 Å². The molecule has 0 unspecified atom stereocenters. The van der Waals surface area contributed by atoms with E-state index in [9.17, 15) is 13.2 Å². The molecule has 1 aliphatic rings. The molecule has 1 N–H and O–H groups in total. The highest BCUT2D eigenvalue weighted by Gasteiger charge is 2.33. The second kappa shape index (κ2) is 8.46. The molecule has 1 heterocycles. The summed E-state index contributed by atoms with van der Waals surface area (Å²) >= 11 is 1.42. The summed E-state index contributed by atoms with van der Waals surface area (Å²) in [4.78, 5) is 13.6. The number of thioether (sulfide) groups is 1. The molecule has 0 spiro atoms. The average Bonchev–Trinajstić information content (AvgIpc) is 2.69. The van der Waals surface area contributed by atoms with Crippen LogP contribution < -0.4 is 5.32 Å². The van der Waals surface area contributed by atoms with Crippen molar-refractivity contribution in [2.75, 3.05) is 24.7 Å². The van der Waals surface area contributed by atoms with Crippen LogP contribution in [0.5, 0.6) is 0 Å². The second-order valence-electron chi connectivity index (χ2n) is 6.68. The fourth-order valence-corrected chi connectivity index (χ4v) is 5.80. The number of carbonyl (C=O) groups is 1. The van der Waals surface area contributed by atoms with Crippen molar-refractivity contribution in [3.05, 3.63) is 54.1 Å². The number of hydrogen-bond acceptors (Lipinski definition) is 4. The van der Waals surface area contributed by atoms with Gasteiger partial charge in [0.15, 0.2) is 0 Å². The number of sulfonamides is 1. The maximum Gasteiger partial charge on any atom is 0.244 e. The molecule has 0 aromatic heterocycles. The van der Waals surface area contributed by atoms with Crippen LogP contribution in [0, 0.1) is 12.8 Å². The Bertz CT molecular complexity index is 903. The summed E-state index contributed by atoms with van der Waals surface area (Å²) in [7, 11) is -3.54. The maximum atomic E-state index is 13.0. The molecule has 0 aliphatic carbocycles. The predicted molar refractivity (Wildman–Crippen MR) is 110 cm³/mol. The molecular formula is C20H24N2O3S2. The minimum Gasteiger partial charge on any atom is -0.326 e. The van der Waals surface area contributed by atoms with Gasteiger partial charge in [-0.05, 0) is 50.3 Å². The third-order valence-electron chi connectivity index (χ3n) is 4.83. The first-order chi connectivity index (χ1) is 12.9. The minimum atomic E-state index is -3.54. The number of nitrogens with one attached hydrogen (secondary N) is 1. The van der Waals surface area contributed by atoms with Crippen LogP contribution in [0.15, 0.2) is 58.3 Å². The molecule has 0 radical (unpaired) electrons. The predicted octanol–water partition coefficient (Wildman–Crippen LogP) is 3.76. The first kappa shape index (κ1) is 19.9. The van der Waals surface area contributed by atoms with Gasteiger partial charge in [-0.25, -0.2) is 8.42 Å². The van der Waals surface area contributed by atoms with Crippen molar-refractivity contribution in [2.24, 2.45) is 5.92 Å². The van der Waals surface area contributed by atoms with Gasteiger partial charge in [-0.3, -0.25) is 4.79 Å². The van der Waals surface area contributed by atoms with Crippen LogP contribution in [0.3, 0.4) is 0 Å². The van der Waals surface area contributed by atoms with Gasteiger partial charge >= 0.3 is 0 Å². The van der Waals surface area contributed by atoms with Gasteiger partial charge in [0.05, 0.1) is 4.90 Å². The molecule has 0 saturated carbocycles. The van der Waals surface area contributed by atoms with Gasteiger partial charge in [0.2, 0.25) is 15.9 Å². The molecule has 2 aromatic rings. The van der Waals surface area contributed by atoms with Crippen LogP contribution in [0.2, 0.25) is 0 Å². The van der Waals surface area contributed by atoms with E-state index < -0.39 is 10.0 Å². The number of hydrogen-bond donors (Lipinski definition) is 1. The zero-order valence-corrected chi connectivity index (χ0v) is 17.1. The standard InChI is InChI=1S/C20H24N2O3S2/c1-15-7-9-17(10-8-15)21-20(23)16-11-13-22(14-12-16)27(24,25)19-6-4-3-5-18(19)26-2/h3-10,16H,11-14H2,1-2H3,(H,21,23). The SMILES string of the molecule is CSc1ccccc1S(=O)(=O)N1CCC(C(=O)Nc2ccc(C)cc2)CC1. The highest BCUT2D eigenvalue weighted by atomic mass is 32.2. The Labute approximate surface area is 165 Å². The van der Waals surface area contributed by atoms with E-state index in [0.29, 0.717) is 30.8 Å². The first-order valence-electron chi connectivity index (χ1n) is 8.92. The first-order valence-corrected chi connectivity index (χ1v) is 11.6. The molecule has 7 heteroatoms. The lowest BCUT2D eigenvalue weighted by Crippen LogP contribution is -2.41. The molecule has 27 heavy (non-hydrogen) atoms. The van der Waals surface area contributed by atoms with Crippen molar-refractivity contribution in [1.82, 2.24) is 4.31 Å². The van der Waals surface area contributed by atoms with Crippen molar-refractivity contribution >= 4 is 33.4 Å². The lowest BCUT2D eigenvalue weighted by atomic mass is 9.97. The van der Waals surface area contributed by atoms with E-state index in [4.69, 9.17) is 0 Å². The Kier molecular flexibility index (Phi) is 6.24. The topological polar surface area (TPSA) is 66.5 Å². The number of piperidine rings is 1. The Hall–Kier alpha value is -1.83. The summed E-state index contributed by atoms with van der Waals surface area (Å²) in [6.45, 7) is 2.71. The molecule has 1 aliphatic heterocycles. The second-order valence-corrected chi connectivity index (χ2v) is 9.44. The molecule has 2 aromatic carbocycles. The third kappa shape index (κ3) is 4.54. The Morgan fingerprint density at radius 2 is 1.70 bits per heavy atom. The van der Waals surface area contributed by atoms with Crippen molar-refractivity contribution in [3.8, 4) is 0 Å². The van der Waals surface area contributed by atoms with Crippen molar-refractivity contribution in [1.29, 1.82) is 0 Å². The van der Waals surface area contributed by atoms with Crippen LogP contribution >= 0.6 is 11.8 Å². The van der Waals surface area contributed by atoms with Gasteiger partial charge in [0.25, 0.3) is 0 Å². The molecule has 3 rings (SSSR count). The quantitative estimate of drug-likeness (QED) is 0.771. The third-order valence-corrected chi connectivity index (χ3v) is 7.71. The number of amides is 1. The van der Waals surface area contributed by atoms with Crippen LogP contribution in [0.25, 0.3) is 0 Å². The molecule has 1 saturated heterocycles. The van der Waals surface area contributed by atoms with Crippen molar-refractivity contribution in [3.63, 3.8) is 0 Å². The maximum absolute atomic E-state index is 13.0. The Morgan fingerprint density at radius 1 is 1.07 bits per heavy atom. The van der Waals surface area contributed by atoms with Crippen LogP contribution in [-0.2, 0) is 14.8 Å². The van der Waals surface area contributed by atoms with Crippen LogP contribution in [0.1, 0.15) is 18.4 Å². The van der Waals surface area contributed by atoms with Gasteiger partial charge in [-0.1, -0.05) is 29.8 Å². The van der Waals surface area contributed by atoms with Crippen LogP contribution in [-0.4, -0.2) is 38.0 Å². The van der Waals surface area contributed by atoms with Crippen molar-refractivity contribution in [2.45, 2.75) is 29.6 Å². The molecule has 1 amide bonds. The lowest BCUT2D eigenvalue weighted by Gasteiger charge is -2.31. The lowest BCUT2D eigenvalue weighted by molar-refractivity contribution is -0.120. The fraction of sp³-hybridized carbons (Fsp3) is 0.350. The van der Waals surface area contributed by atoms with E-state index in [2.05, 4.69) is 5.32 Å². The summed E-state index contributed by atoms with van der Waals surface area (Å²) in [5.41, 5.74) is 1.91. The monoisotopic (exact) mass is 404 g/mol. The summed E-state index contributed by atoms with van der Waals surface area (Å²) in [5.74, 6) is -0.214. The van der Waals surface area contributed by atoms with Gasteiger partial charge in [-0.15, -0.1) is 11.8 Å². The molecule has 0 bridgehead atoms. The normalized spacial score (nSPS) is 16.2. The number of anilines is 1. The number of aryl methyl sites for hydroxylation is 1. The molecule has 1 fully saturated rings. The summed E-state index contributed by atoms with van der Waals surface area (Å²) < 4.78 is 27.5. The number of rotatable bonds is 5. The van der Waals surface area contributed by atoms with E-state index in [1.807, 2.05) is 49.6 Å². The molecule has 144 valence electrons. The van der Waals surface area contributed by atoms with Gasteiger partial charge in [0, 0.05) is 29.6 Å². The van der Waals surface area contributed by atoms with E-state index >= 15 is 0 Å². The number of carbonyl (C=O) groups excluding carboxylic acids is 1. The number of benzene rings is 2. The Balaban J connectivity index is 1.64. The summed E-state index contributed by atoms with van der Waals surface area (Å²) in [6, 6.07) is 14.7. The molecular weight excluding hydrogens is 380 g/mol. The smallest absolute Gasteiger partial charge is 0.244 e. The highest BCUT2D eigenvalue weighted by Crippen LogP contribution is 2.30. The zero-order chi connectivity index (χ0) is 19.4. The van der Waals surface area contributed by atoms with Crippen molar-refractivity contribution < 1.29 is 13.2 Å². The van der Waals surface area contributed by atoms with E-state index in [0.717, 1.165) is 16.1 Å². The summed E-state index contributed by atoms with van der Waals surface area (Å²) in [6.07, 6.45) is 2.92. The Morgan fingerprint density at radius 3 is 2.33 bits per heavy atom. The average molecular weight is 405 g/mol. The summed E-state index contributed by atoms with van der Waals surface area (Å²) in [5, 5.41) is 2.93. The zero-order valence-electron chi connectivity index (χ0n) is 15.5. The van der Waals surface area contributed by atoms with Gasteiger partial charge in [0.1, 0.15) is 0 Å². The number of nitrogens with zero attached hydrogens (tertiary/aromatic N) is 1. The molecule has 0 atom stereocenters. The van der Waals surface area contributed by atoms with E-state index in [-0.39, 0.29) is 11.8 Å². The van der Waals surface area contributed by atoms with Gasteiger partial charge < -0.3 is 5.32 Å². The minimum absolute atomic E-state index is 0.0413. The highest BCUT2D eigenvalue weighted by molar-refractivity contribution is 7.99. The molecule has 5 nitrogen and oxygen atoms in total. The van der Waals surface area contributed by atoms with Gasteiger partial charge in [-0.2, -0.15) is 4.31 Å².